The third kappa shape index (κ3) is 3.36. The molecule has 2 aliphatic rings. The minimum absolute atomic E-state index is 0.317. The summed E-state index contributed by atoms with van der Waals surface area (Å²) >= 11 is 6.22. The molecule has 0 radical (unpaired) electrons. The molecule has 1 aromatic rings. The number of hydrogen-bond donors (Lipinski definition) is 0. The summed E-state index contributed by atoms with van der Waals surface area (Å²) < 4.78 is 11.6. The van der Waals surface area contributed by atoms with Gasteiger partial charge in [0.25, 0.3) is 0 Å². The Morgan fingerprint density at radius 3 is 2.69 bits per heavy atom. The molecule has 0 aliphatic carbocycles. The number of rotatable bonds is 0. The maximum Gasteiger partial charge on any atom is 0.410 e. The van der Waals surface area contributed by atoms with Gasteiger partial charge in [0, 0.05) is 31.5 Å². The van der Waals surface area contributed by atoms with E-state index in [1.54, 1.807) is 4.90 Å². The molecule has 6 nitrogen and oxygen atoms in total. The van der Waals surface area contributed by atoms with E-state index in [0.717, 1.165) is 17.0 Å². The number of carbonyl (C=O) groups is 1. The Morgan fingerprint density at radius 1 is 1.46 bits per heavy atom. The van der Waals surface area contributed by atoms with Gasteiger partial charge in [-0.2, -0.15) is 0 Å². The molecule has 138 valence electrons. The van der Waals surface area contributed by atoms with E-state index in [2.05, 4.69) is 9.83 Å². The minimum atomic E-state index is -0.625. The molecule has 0 bridgehead atoms. The number of ether oxygens (including phenoxy) is 2. The molecule has 0 N–H and O–H groups in total. The molecule has 1 aromatic heterocycles. The van der Waals surface area contributed by atoms with Crippen molar-refractivity contribution in [2.75, 3.05) is 13.1 Å². The van der Waals surface area contributed by atoms with Gasteiger partial charge in [-0.05, 0) is 33.8 Å². The van der Waals surface area contributed by atoms with Crippen LogP contribution in [0.25, 0.3) is 10.6 Å². The van der Waals surface area contributed by atoms with Gasteiger partial charge in [-0.25, -0.2) is 9.64 Å². The molecule has 0 unspecified atom stereocenters. The molecule has 1 saturated heterocycles. The maximum absolute atomic E-state index is 12.3. The summed E-state index contributed by atoms with van der Waals surface area (Å²) in [5.41, 5.74) is 1.15. The van der Waals surface area contributed by atoms with Gasteiger partial charge in [0.05, 0.1) is 23.0 Å². The van der Waals surface area contributed by atoms with Gasteiger partial charge in [0.2, 0.25) is 0 Å². The summed E-state index contributed by atoms with van der Waals surface area (Å²) in [5.74, 6) is 0.495. The average molecular weight is 376 g/mol. The zero-order chi connectivity index (χ0) is 19.1. The van der Waals surface area contributed by atoms with E-state index < -0.39 is 11.2 Å². The predicted molar refractivity (Wildman–Crippen MR) is 98.4 cm³/mol. The van der Waals surface area contributed by atoms with Gasteiger partial charge < -0.3 is 14.4 Å². The van der Waals surface area contributed by atoms with Gasteiger partial charge in [0.1, 0.15) is 11.4 Å². The van der Waals surface area contributed by atoms with E-state index in [1.165, 1.54) is 6.20 Å². The highest BCUT2D eigenvalue weighted by atomic mass is 35.5. The summed E-state index contributed by atoms with van der Waals surface area (Å²) in [6.45, 7) is 15.5. The summed E-state index contributed by atoms with van der Waals surface area (Å²) in [7, 11) is 0. The van der Waals surface area contributed by atoms with Crippen LogP contribution in [0.4, 0.5) is 4.79 Å². The van der Waals surface area contributed by atoms with Crippen LogP contribution in [0.2, 0.25) is 5.02 Å². The number of halogens is 1. The largest absolute Gasteiger partial charge is 0.492 e. The van der Waals surface area contributed by atoms with Crippen LogP contribution in [-0.2, 0) is 15.1 Å². The van der Waals surface area contributed by atoms with Crippen molar-refractivity contribution < 1.29 is 14.3 Å². The minimum Gasteiger partial charge on any atom is -0.492 e. The standard InChI is InChI=1S/C19H22ClN3O3/c1-12-14(20)10-13-15(11-21-5)25-19(16(13)22-12)6-8-23(9-7-19)17(24)26-18(2,3)4/h10-11H,6-9H2,1-4H3/b15-11+. The van der Waals surface area contributed by atoms with Crippen LogP contribution in [0.5, 0.6) is 0 Å². The number of fused-ring (bicyclic) bond motifs is 2. The molecule has 2 aliphatic heterocycles. The Bertz CT molecular complexity index is 813. The summed E-state index contributed by atoms with van der Waals surface area (Å²) in [6, 6.07) is 1.81. The van der Waals surface area contributed by atoms with Crippen molar-refractivity contribution in [2.45, 2.75) is 51.7 Å². The van der Waals surface area contributed by atoms with E-state index in [1.807, 2.05) is 33.8 Å². The monoisotopic (exact) mass is 375 g/mol. The van der Waals surface area contributed by atoms with Crippen molar-refractivity contribution in [3.63, 3.8) is 0 Å². The second-order valence-corrected chi connectivity index (χ2v) is 8.05. The highest BCUT2D eigenvalue weighted by Gasteiger charge is 2.48. The van der Waals surface area contributed by atoms with Crippen LogP contribution in [0.1, 0.15) is 50.6 Å². The van der Waals surface area contributed by atoms with Crippen LogP contribution in [0.15, 0.2) is 12.3 Å². The smallest absolute Gasteiger partial charge is 0.410 e. The Morgan fingerprint density at radius 2 is 2.12 bits per heavy atom. The van der Waals surface area contributed by atoms with Crippen LogP contribution in [0, 0.1) is 13.5 Å². The molecule has 0 aromatic carbocycles. The van der Waals surface area contributed by atoms with Crippen molar-refractivity contribution >= 4 is 23.5 Å². The van der Waals surface area contributed by atoms with Crippen LogP contribution in [-0.4, -0.2) is 34.7 Å². The van der Waals surface area contributed by atoms with Crippen molar-refractivity contribution in [3.05, 3.63) is 45.7 Å². The third-order valence-electron chi connectivity index (χ3n) is 4.56. The van der Waals surface area contributed by atoms with Gasteiger partial charge in [-0.15, -0.1) is 0 Å². The van der Waals surface area contributed by atoms with Crippen LogP contribution in [0.3, 0.4) is 0 Å². The number of aromatic nitrogens is 1. The SMILES string of the molecule is [C-]#[N+]/C=C1/OC2(CCN(C(=O)OC(C)(C)C)CC2)c2nc(C)c(Cl)cc21. The Balaban J connectivity index is 1.86. The van der Waals surface area contributed by atoms with Crippen LogP contribution < -0.4 is 0 Å². The topological polar surface area (TPSA) is 56.0 Å². The number of amides is 1. The molecule has 1 amide bonds. The Hall–Kier alpha value is -2.26. The molecular formula is C19H22ClN3O3. The molecule has 0 saturated carbocycles. The fraction of sp³-hybridized carbons (Fsp3) is 0.526. The second kappa shape index (κ2) is 6.48. The molecule has 26 heavy (non-hydrogen) atoms. The summed E-state index contributed by atoms with van der Waals surface area (Å²) in [6.07, 6.45) is 2.22. The van der Waals surface area contributed by atoms with Crippen molar-refractivity contribution in [1.82, 2.24) is 9.88 Å². The molecular weight excluding hydrogens is 354 g/mol. The number of hydrogen-bond acceptors (Lipinski definition) is 4. The third-order valence-corrected chi connectivity index (χ3v) is 4.94. The lowest BCUT2D eigenvalue weighted by atomic mass is 9.87. The van der Waals surface area contributed by atoms with E-state index in [-0.39, 0.29) is 6.09 Å². The predicted octanol–water partition coefficient (Wildman–Crippen LogP) is 4.52. The highest BCUT2D eigenvalue weighted by Crippen LogP contribution is 2.49. The Kier molecular flexibility index (Phi) is 4.61. The average Bonchev–Trinajstić information content (AvgIpc) is 2.81. The van der Waals surface area contributed by atoms with Crippen molar-refractivity contribution in [3.8, 4) is 0 Å². The zero-order valence-corrected chi connectivity index (χ0v) is 16.2. The summed E-state index contributed by atoms with van der Waals surface area (Å²) in [5, 5.41) is 0.548. The summed E-state index contributed by atoms with van der Waals surface area (Å²) in [4.78, 5) is 22.0. The van der Waals surface area contributed by atoms with Crippen molar-refractivity contribution in [1.29, 1.82) is 0 Å². The fourth-order valence-electron chi connectivity index (χ4n) is 3.30. The molecule has 1 fully saturated rings. The lowest BCUT2D eigenvalue weighted by molar-refractivity contribution is -0.0287. The lowest BCUT2D eigenvalue weighted by Gasteiger charge is -2.39. The highest BCUT2D eigenvalue weighted by molar-refractivity contribution is 6.31. The fourth-order valence-corrected chi connectivity index (χ4v) is 3.45. The number of pyridine rings is 1. The number of likely N-dealkylation sites (tertiary alicyclic amines) is 1. The molecule has 1 spiro atoms. The Labute approximate surface area is 158 Å². The van der Waals surface area contributed by atoms with Gasteiger partial charge in [-0.1, -0.05) is 11.6 Å². The van der Waals surface area contributed by atoms with Crippen molar-refractivity contribution in [2.24, 2.45) is 0 Å². The van der Waals surface area contributed by atoms with Gasteiger partial charge >= 0.3 is 6.09 Å². The number of carbonyl (C=O) groups excluding carboxylic acids is 1. The molecule has 7 heteroatoms. The first-order valence-corrected chi connectivity index (χ1v) is 8.95. The maximum atomic E-state index is 12.3. The quantitative estimate of drug-likeness (QED) is 0.626. The van der Waals surface area contributed by atoms with E-state index in [4.69, 9.17) is 27.6 Å². The first-order chi connectivity index (χ1) is 12.1. The normalized spacial score (nSPS) is 19.8. The lowest BCUT2D eigenvalue weighted by Crippen LogP contribution is -2.47. The number of nitrogens with zero attached hydrogens (tertiary/aromatic N) is 3. The first-order valence-electron chi connectivity index (χ1n) is 8.57. The number of piperidine rings is 1. The van der Waals surface area contributed by atoms with E-state index in [9.17, 15) is 4.79 Å². The van der Waals surface area contributed by atoms with Gasteiger partial charge in [-0.3, -0.25) is 4.98 Å². The first kappa shape index (κ1) is 18.5. The van der Waals surface area contributed by atoms with Gasteiger partial charge in [0.15, 0.2) is 11.8 Å². The molecule has 0 atom stereocenters. The molecule has 3 rings (SSSR count). The van der Waals surface area contributed by atoms with Crippen LogP contribution >= 0.6 is 11.6 Å². The van der Waals surface area contributed by atoms with E-state index in [0.29, 0.717) is 36.7 Å². The number of aryl methyl sites for hydroxylation is 1. The molecule has 3 heterocycles. The zero-order valence-electron chi connectivity index (χ0n) is 15.4. The second-order valence-electron chi connectivity index (χ2n) is 7.64. The van der Waals surface area contributed by atoms with E-state index >= 15 is 0 Å².